The number of hydrogen-bond donors (Lipinski definition) is 0. The molecular weight excluding hydrogens is 611 g/mol. The monoisotopic (exact) mass is 639 g/mol. The Kier molecular flexibility index (Phi) is 6.42. The van der Waals surface area contributed by atoms with E-state index in [1.165, 1.54) is 16.7 Å². The van der Waals surface area contributed by atoms with Crippen LogP contribution >= 0.6 is 0 Å². The fourth-order valence-electron chi connectivity index (χ4n) is 7.45. The van der Waals surface area contributed by atoms with Crippen molar-refractivity contribution in [1.82, 2.24) is 19.5 Å². The second kappa shape index (κ2) is 11.4. The van der Waals surface area contributed by atoms with Gasteiger partial charge in [0, 0.05) is 51.1 Å². The minimum absolute atomic E-state index is 0.601. The van der Waals surface area contributed by atoms with Crippen LogP contribution in [0.25, 0.3) is 72.5 Å². The molecule has 0 bridgehead atoms. The van der Waals surface area contributed by atoms with Crippen LogP contribution in [-0.2, 0) is 0 Å². The number of para-hydroxylation sites is 2. The quantitative estimate of drug-likeness (QED) is 0.192. The summed E-state index contributed by atoms with van der Waals surface area (Å²) in [4.78, 5) is 17.7. The zero-order chi connectivity index (χ0) is 33.0. The number of aromatic nitrogens is 4. The van der Waals surface area contributed by atoms with E-state index in [1.54, 1.807) is 0 Å². The van der Waals surface area contributed by atoms with Gasteiger partial charge in [-0.15, -0.1) is 0 Å². The van der Waals surface area contributed by atoms with Crippen LogP contribution in [-0.4, -0.2) is 19.5 Å². The molecule has 1 aliphatic heterocycles. The van der Waals surface area contributed by atoms with Crippen molar-refractivity contribution >= 4 is 38.9 Å². The number of anilines is 3. The Morgan fingerprint density at radius 3 is 1.72 bits per heavy atom. The standard InChI is InChI=1S/C45H29N5/c1-4-14-30(15-5-1)39-28-40(31-16-6-2-7-17-31)48-45(47-39)50-42-26-27-46-29-38(42)37-25-24-36-34-21-11-10-20-33(34)35-22-12-13-23-41(35)49(43(36)44(37)50)32-18-8-3-9-19-32/h1-29H. The normalized spacial score (nSPS) is 12.0. The Morgan fingerprint density at radius 1 is 0.460 bits per heavy atom. The molecule has 0 saturated heterocycles. The van der Waals surface area contributed by atoms with E-state index >= 15 is 0 Å². The van der Waals surface area contributed by atoms with Crippen molar-refractivity contribution < 1.29 is 0 Å². The minimum atomic E-state index is 0.601. The Hall–Kier alpha value is -6.85. The van der Waals surface area contributed by atoms with Crippen LogP contribution in [0.5, 0.6) is 0 Å². The lowest BCUT2D eigenvalue weighted by Gasteiger charge is -2.28. The second-order valence-corrected chi connectivity index (χ2v) is 12.5. The highest BCUT2D eigenvalue weighted by molar-refractivity contribution is 6.19. The van der Waals surface area contributed by atoms with Crippen LogP contribution in [0.4, 0.5) is 17.1 Å². The van der Waals surface area contributed by atoms with Gasteiger partial charge in [0.05, 0.1) is 33.8 Å². The molecule has 0 amide bonds. The van der Waals surface area contributed by atoms with Gasteiger partial charge in [-0.1, -0.05) is 133 Å². The molecule has 4 heterocycles. The summed E-state index contributed by atoms with van der Waals surface area (Å²) in [5.41, 5.74) is 13.7. The van der Waals surface area contributed by atoms with Crippen molar-refractivity contribution in [2.24, 2.45) is 0 Å². The summed E-state index contributed by atoms with van der Waals surface area (Å²) in [5.74, 6) is 0.601. The Labute approximate surface area is 289 Å². The van der Waals surface area contributed by atoms with E-state index in [4.69, 9.17) is 9.97 Å². The van der Waals surface area contributed by atoms with Crippen LogP contribution in [0, 0.1) is 0 Å². The first kappa shape index (κ1) is 28.2. The van der Waals surface area contributed by atoms with Gasteiger partial charge in [-0.2, -0.15) is 0 Å². The first-order valence-electron chi connectivity index (χ1n) is 16.8. The summed E-state index contributed by atoms with van der Waals surface area (Å²) < 4.78 is 2.25. The van der Waals surface area contributed by atoms with Crippen molar-refractivity contribution in [1.29, 1.82) is 0 Å². The molecule has 234 valence electrons. The molecular formula is C45H29N5. The number of pyridine rings is 1. The van der Waals surface area contributed by atoms with E-state index in [0.717, 1.165) is 66.9 Å². The Morgan fingerprint density at radius 2 is 1.04 bits per heavy atom. The number of hydrogen-bond acceptors (Lipinski definition) is 4. The van der Waals surface area contributed by atoms with Crippen molar-refractivity contribution in [3.05, 3.63) is 176 Å². The van der Waals surface area contributed by atoms with Crippen molar-refractivity contribution in [2.45, 2.75) is 0 Å². The average Bonchev–Trinajstić information content (AvgIpc) is 3.47. The van der Waals surface area contributed by atoms with Crippen LogP contribution in [0.15, 0.2) is 176 Å². The van der Waals surface area contributed by atoms with Crippen LogP contribution in [0.3, 0.4) is 0 Å². The lowest BCUT2D eigenvalue weighted by molar-refractivity contribution is 0.993. The highest BCUT2D eigenvalue weighted by Crippen LogP contribution is 2.54. The summed E-state index contributed by atoms with van der Waals surface area (Å²) in [5, 5.41) is 2.12. The first-order valence-corrected chi connectivity index (χ1v) is 16.8. The van der Waals surface area contributed by atoms with E-state index < -0.39 is 0 Å². The molecule has 0 saturated carbocycles. The Balaban J connectivity index is 1.39. The number of benzene rings is 6. The molecule has 0 N–H and O–H groups in total. The van der Waals surface area contributed by atoms with Crippen LogP contribution in [0.2, 0.25) is 0 Å². The van der Waals surface area contributed by atoms with Gasteiger partial charge in [-0.3, -0.25) is 9.55 Å². The molecule has 0 radical (unpaired) electrons. The zero-order valence-electron chi connectivity index (χ0n) is 27.0. The van der Waals surface area contributed by atoms with Crippen molar-refractivity contribution in [3.8, 4) is 50.7 Å². The minimum Gasteiger partial charge on any atom is -0.307 e. The molecule has 0 unspecified atom stereocenters. The van der Waals surface area contributed by atoms with Crippen LogP contribution < -0.4 is 4.90 Å². The third-order valence-corrected chi connectivity index (χ3v) is 9.65. The topological polar surface area (TPSA) is 46.8 Å². The molecule has 5 heteroatoms. The van der Waals surface area contributed by atoms with Gasteiger partial charge < -0.3 is 4.90 Å². The van der Waals surface area contributed by atoms with Crippen molar-refractivity contribution in [2.75, 3.05) is 4.90 Å². The van der Waals surface area contributed by atoms with Gasteiger partial charge in [0.15, 0.2) is 0 Å². The molecule has 6 aromatic carbocycles. The van der Waals surface area contributed by atoms with Crippen LogP contribution in [0.1, 0.15) is 0 Å². The van der Waals surface area contributed by atoms with Gasteiger partial charge in [-0.25, -0.2) is 9.97 Å². The summed E-state index contributed by atoms with van der Waals surface area (Å²) >= 11 is 0. The first-order chi connectivity index (χ1) is 24.8. The summed E-state index contributed by atoms with van der Waals surface area (Å²) in [7, 11) is 0. The predicted octanol–water partition coefficient (Wildman–Crippen LogP) is 11.4. The Bertz CT molecular complexity index is 2640. The van der Waals surface area contributed by atoms with E-state index in [-0.39, 0.29) is 0 Å². The molecule has 0 fully saturated rings. The maximum atomic E-state index is 5.34. The van der Waals surface area contributed by atoms with Gasteiger partial charge in [-0.05, 0) is 41.5 Å². The van der Waals surface area contributed by atoms with Gasteiger partial charge in [0.2, 0.25) is 5.95 Å². The SMILES string of the molecule is c1ccc(-c2cc(-c3ccccc3)nc(-n3c4ccncc4c4ccc5c(c43)N(c3ccccc3)c3ccccc3-c3ccccc3-5)n2)cc1. The lowest BCUT2D eigenvalue weighted by Crippen LogP contribution is -2.13. The molecule has 10 rings (SSSR count). The smallest absolute Gasteiger partial charge is 0.235 e. The molecule has 0 aliphatic carbocycles. The molecule has 9 aromatic rings. The maximum Gasteiger partial charge on any atom is 0.235 e. The molecule has 50 heavy (non-hydrogen) atoms. The van der Waals surface area contributed by atoms with E-state index in [0.29, 0.717) is 5.95 Å². The van der Waals surface area contributed by atoms with Gasteiger partial charge in [0.1, 0.15) is 0 Å². The number of fused-ring (bicyclic) bond motifs is 9. The molecule has 1 aliphatic rings. The fourth-order valence-corrected chi connectivity index (χ4v) is 7.45. The molecule has 0 spiro atoms. The second-order valence-electron chi connectivity index (χ2n) is 12.5. The van der Waals surface area contributed by atoms with Crippen molar-refractivity contribution in [3.63, 3.8) is 0 Å². The van der Waals surface area contributed by atoms with Gasteiger partial charge >= 0.3 is 0 Å². The summed E-state index contributed by atoms with van der Waals surface area (Å²) in [6.07, 6.45) is 3.82. The zero-order valence-corrected chi connectivity index (χ0v) is 27.0. The summed E-state index contributed by atoms with van der Waals surface area (Å²) in [6, 6.07) is 57.5. The largest absolute Gasteiger partial charge is 0.307 e. The third-order valence-electron chi connectivity index (χ3n) is 9.65. The average molecular weight is 640 g/mol. The van der Waals surface area contributed by atoms with E-state index in [9.17, 15) is 0 Å². The summed E-state index contributed by atoms with van der Waals surface area (Å²) in [6.45, 7) is 0. The number of nitrogens with zero attached hydrogens (tertiary/aromatic N) is 5. The third kappa shape index (κ3) is 4.37. The molecule has 0 atom stereocenters. The fraction of sp³-hybridized carbons (Fsp3) is 0. The highest BCUT2D eigenvalue weighted by atomic mass is 15.2. The predicted molar refractivity (Wildman–Crippen MR) is 204 cm³/mol. The lowest BCUT2D eigenvalue weighted by atomic mass is 9.94. The maximum absolute atomic E-state index is 5.34. The van der Waals surface area contributed by atoms with Gasteiger partial charge in [0.25, 0.3) is 0 Å². The van der Waals surface area contributed by atoms with E-state index in [1.807, 2.05) is 24.5 Å². The highest BCUT2D eigenvalue weighted by Gasteiger charge is 2.31. The molecule has 3 aromatic heterocycles. The van der Waals surface area contributed by atoms with E-state index in [2.05, 4.69) is 166 Å². The number of rotatable bonds is 4. The molecule has 5 nitrogen and oxygen atoms in total.